The van der Waals surface area contributed by atoms with E-state index in [9.17, 15) is 29.1 Å². The molecule has 3 heterocycles. The number of rotatable bonds is 5. The lowest BCUT2D eigenvalue weighted by Gasteiger charge is -2.47. The molecular formula is C32H52N2O11. The third kappa shape index (κ3) is 7.52. The average Bonchev–Trinajstić information content (AvgIpc) is 3.26. The molecule has 0 bridgehead atoms. The number of likely N-dealkylation sites (N-methyl/N-ethyl adjacent to an activating group) is 1. The Morgan fingerprint density at radius 3 is 2.22 bits per heavy atom. The van der Waals surface area contributed by atoms with E-state index in [-0.39, 0.29) is 30.8 Å². The fourth-order valence-electron chi connectivity index (χ4n) is 7.41. The molecule has 0 saturated carbocycles. The van der Waals surface area contributed by atoms with E-state index in [2.05, 4.69) is 5.32 Å². The smallest absolute Gasteiger partial charge is 0.408 e. The van der Waals surface area contributed by atoms with E-state index >= 15 is 0 Å². The number of aliphatic hydroxyl groups is 1. The van der Waals surface area contributed by atoms with Gasteiger partial charge in [-0.05, 0) is 61.1 Å². The molecule has 13 nitrogen and oxygen atoms in total. The minimum atomic E-state index is -1.59. The first-order valence-electron chi connectivity index (χ1n) is 15.9. The molecule has 3 rings (SSSR count). The summed E-state index contributed by atoms with van der Waals surface area (Å²) in [5, 5.41) is 14.0. The van der Waals surface area contributed by atoms with Crippen molar-refractivity contribution in [2.45, 2.75) is 136 Å². The monoisotopic (exact) mass is 640 g/mol. The molecule has 3 aliphatic heterocycles. The van der Waals surface area contributed by atoms with Gasteiger partial charge in [-0.1, -0.05) is 27.7 Å². The highest BCUT2D eigenvalue weighted by Crippen LogP contribution is 2.40. The Morgan fingerprint density at radius 2 is 1.67 bits per heavy atom. The van der Waals surface area contributed by atoms with Crippen LogP contribution in [0, 0.1) is 23.7 Å². The average molecular weight is 641 g/mol. The second-order valence-corrected chi connectivity index (χ2v) is 13.8. The van der Waals surface area contributed by atoms with Gasteiger partial charge in [0.2, 0.25) is 0 Å². The molecule has 3 saturated heterocycles. The Balaban J connectivity index is 2.15. The molecule has 0 aromatic heterocycles. The summed E-state index contributed by atoms with van der Waals surface area (Å²) in [5.41, 5.74) is -2.99. The Bertz CT molecular complexity index is 1150. The number of Topliss-reactive ketones (excluding diaryl/α,β-unsaturated/α-hetero) is 2. The third-order valence-corrected chi connectivity index (χ3v) is 9.84. The van der Waals surface area contributed by atoms with Crippen molar-refractivity contribution in [3.8, 4) is 0 Å². The number of nitrogens with one attached hydrogen (secondary N) is 1. The van der Waals surface area contributed by atoms with Gasteiger partial charge in [0.15, 0.2) is 17.7 Å². The summed E-state index contributed by atoms with van der Waals surface area (Å²) in [6, 6.07) is -1.18. The number of cyclic esters (lactones) is 1. The minimum absolute atomic E-state index is 0.0677. The van der Waals surface area contributed by atoms with Crippen LogP contribution in [0.4, 0.5) is 4.79 Å². The van der Waals surface area contributed by atoms with Gasteiger partial charge >= 0.3 is 18.0 Å². The number of carbonyl (C=O) groups excluding carboxylic acids is 5. The van der Waals surface area contributed by atoms with Gasteiger partial charge in [-0.25, -0.2) is 4.79 Å². The molecule has 0 aliphatic carbocycles. The number of hydrogen-bond acceptors (Lipinski definition) is 12. The molecule has 3 fully saturated rings. The topological polar surface area (TPSA) is 167 Å². The predicted molar refractivity (Wildman–Crippen MR) is 161 cm³/mol. The Labute approximate surface area is 266 Å². The zero-order valence-corrected chi connectivity index (χ0v) is 28.4. The highest BCUT2D eigenvalue weighted by atomic mass is 16.7. The lowest BCUT2D eigenvalue weighted by molar-refractivity contribution is -0.294. The van der Waals surface area contributed by atoms with Gasteiger partial charge in [0.05, 0.1) is 12.1 Å². The quantitative estimate of drug-likeness (QED) is 0.256. The standard InChI is InChI=1S/C32H52N2O11/c1-12-22-32(9)26(33-30(40)45-32)17(4)23(36)15(2)14-31(8,44-20(7)35)27(18(5)24(37)19(6)28(39)42-22)43-29-25(38)21(34(10)11)13-16(3)41-29/h15-19,21-22,25-27,29,38H,12-14H2,1-11H3,(H,33,40)/t15-,16-,17+,18+,19-,21+,22-,25-,26-,27-,29+,31-,32-/m1/s1. The number of carbonyl (C=O) groups is 5. The maximum Gasteiger partial charge on any atom is 0.408 e. The van der Waals surface area contributed by atoms with Crippen LogP contribution in [0.2, 0.25) is 0 Å². The molecule has 2 N–H and O–H groups in total. The first kappa shape index (κ1) is 36.9. The summed E-state index contributed by atoms with van der Waals surface area (Å²) in [7, 11) is 3.65. The molecule has 256 valence electrons. The van der Waals surface area contributed by atoms with Gasteiger partial charge < -0.3 is 39.0 Å². The summed E-state index contributed by atoms with van der Waals surface area (Å²) in [4.78, 5) is 68.5. The Kier molecular flexibility index (Phi) is 11.5. The van der Waals surface area contributed by atoms with Gasteiger partial charge in [0, 0.05) is 30.7 Å². The number of nitrogens with zero attached hydrogens (tertiary/aromatic N) is 1. The van der Waals surface area contributed by atoms with Crippen molar-refractivity contribution < 1.29 is 52.8 Å². The SMILES string of the molecule is CC[C@H]1OC(=O)[C@H](C)C(=O)[C@H](C)[C@@H](O[C@@H]2O[C@H](C)C[C@H](N(C)C)[C@H]2O)[C@](C)(OC(C)=O)C[C@@H](C)C(=O)[C@H](C)[C@H]2NC(=O)O[C@@]21C. The summed E-state index contributed by atoms with van der Waals surface area (Å²) < 4.78 is 29.9. The summed E-state index contributed by atoms with van der Waals surface area (Å²) in [5.74, 6) is -6.26. The van der Waals surface area contributed by atoms with Crippen LogP contribution in [0.25, 0.3) is 0 Å². The largest absolute Gasteiger partial charge is 0.458 e. The van der Waals surface area contributed by atoms with Gasteiger partial charge in [0.1, 0.15) is 35.6 Å². The molecule has 13 heteroatoms. The van der Waals surface area contributed by atoms with Crippen LogP contribution < -0.4 is 5.32 Å². The van der Waals surface area contributed by atoms with Crippen LogP contribution in [0.1, 0.15) is 81.6 Å². The zero-order valence-electron chi connectivity index (χ0n) is 28.4. The van der Waals surface area contributed by atoms with Crippen molar-refractivity contribution in [3.63, 3.8) is 0 Å². The van der Waals surface area contributed by atoms with Crippen LogP contribution in [0.3, 0.4) is 0 Å². The van der Waals surface area contributed by atoms with Crippen molar-refractivity contribution in [2.24, 2.45) is 23.7 Å². The van der Waals surface area contributed by atoms with Crippen LogP contribution in [0.5, 0.6) is 0 Å². The van der Waals surface area contributed by atoms with Gasteiger partial charge in [-0.3, -0.25) is 19.2 Å². The molecule has 3 aliphatic rings. The summed E-state index contributed by atoms with van der Waals surface area (Å²) in [6.45, 7) is 14.3. The van der Waals surface area contributed by atoms with Gasteiger partial charge in [0.25, 0.3) is 0 Å². The molecule has 0 radical (unpaired) electrons. The number of fused-ring (bicyclic) bond motifs is 1. The molecule has 1 amide bonds. The highest BCUT2D eigenvalue weighted by Gasteiger charge is 2.57. The molecule has 0 spiro atoms. The number of aliphatic hydroxyl groups excluding tert-OH is 1. The lowest BCUT2D eigenvalue weighted by atomic mass is 9.73. The van der Waals surface area contributed by atoms with E-state index < -0.39 is 89.3 Å². The first-order chi connectivity index (χ1) is 20.8. The van der Waals surface area contributed by atoms with Gasteiger partial charge in [-0.2, -0.15) is 0 Å². The van der Waals surface area contributed by atoms with Crippen LogP contribution in [-0.4, -0.2) is 108 Å². The fourth-order valence-corrected chi connectivity index (χ4v) is 7.41. The maximum atomic E-state index is 14.0. The number of esters is 2. The van der Waals surface area contributed by atoms with E-state index in [4.69, 9.17) is 23.7 Å². The van der Waals surface area contributed by atoms with Crippen LogP contribution in [-0.2, 0) is 42.9 Å². The Morgan fingerprint density at radius 1 is 1.04 bits per heavy atom. The van der Waals surface area contributed by atoms with Crippen molar-refractivity contribution in [1.29, 1.82) is 0 Å². The normalized spacial score (nSPS) is 43.5. The van der Waals surface area contributed by atoms with Gasteiger partial charge in [-0.15, -0.1) is 0 Å². The fraction of sp³-hybridized carbons (Fsp3) is 0.844. The van der Waals surface area contributed by atoms with E-state index in [1.807, 2.05) is 25.9 Å². The second kappa shape index (κ2) is 14.0. The maximum absolute atomic E-state index is 14.0. The molecular weight excluding hydrogens is 588 g/mol. The number of amides is 1. The molecule has 0 aromatic carbocycles. The number of ether oxygens (including phenoxy) is 5. The third-order valence-electron chi connectivity index (χ3n) is 9.84. The van der Waals surface area contributed by atoms with E-state index in [1.165, 1.54) is 13.8 Å². The molecule has 0 unspecified atom stereocenters. The number of ketones is 2. The molecule has 13 atom stereocenters. The van der Waals surface area contributed by atoms with E-state index in [0.717, 1.165) is 0 Å². The van der Waals surface area contributed by atoms with Crippen molar-refractivity contribution in [2.75, 3.05) is 14.1 Å². The number of alkyl carbamates (subject to hydrolysis) is 1. The zero-order chi connectivity index (χ0) is 34.2. The predicted octanol–water partition coefficient (Wildman–Crippen LogP) is 2.39. The van der Waals surface area contributed by atoms with Crippen molar-refractivity contribution in [3.05, 3.63) is 0 Å². The Hall–Kier alpha value is -2.61. The van der Waals surface area contributed by atoms with Crippen LogP contribution >= 0.6 is 0 Å². The molecule has 0 aromatic rings. The minimum Gasteiger partial charge on any atom is -0.458 e. The van der Waals surface area contributed by atoms with E-state index in [1.54, 1.807) is 41.5 Å². The number of hydrogen-bond donors (Lipinski definition) is 2. The lowest BCUT2D eigenvalue weighted by Crippen LogP contribution is -2.60. The van der Waals surface area contributed by atoms with Crippen LogP contribution in [0.15, 0.2) is 0 Å². The summed E-state index contributed by atoms with van der Waals surface area (Å²) >= 11 is 0. The van der Waals surface area contributed by atoms with Crippen molar-refractivity contribution >= 4 is 29.6 Å². The molecule has 45 heavy (non-hydrogen) atoms. The second-order valence-electron chi connectivity index (χ2n) is 13.8. The highest BCUT2D eigenvalue weighted by molar-refractivity contribution is 6.00. The van der Waals surface area contributed by atoms with Crippen molar-refractivity contribution in [1.82, 2.24) is 10.2 Å². The first-order valence-corrected chi connectivity index (χ1v) is 15.9. The van der Waals surface area contributed by atoms with E-state index in [0.29, 0.717) is 6.42 Å². The summed E-state index contributed by atoms with van der Waals surface area (Å²) in [6.07, 6.45) is -4.88.